The molecule has 0 saturated heterocycles. The molecule has 8 heteroatoms. The third kappa shape index (κ3) is 4.75. The standard InChI is InChI=1S/C20H18ClN3O3S/c1-24(14-20(25)23-22-13-15-5-4-8-18(21)11-15)28(26,27)19-10-9-16-6-2-3-7-17(16)12-19/h2-13H,14H2,1H3,(H,23,25). The van der Waals surface area contributed by atoms with Crippen LogP contribution in [0.25, 0.3) is 10.8 Å². The van der Waals surface area contributed by atoms with Crippen molar-refractivity contribution in [3.05, 3.63) is 77.3 Å². The number of hydrazone groups is 1. The van der Waals surface area contributed by atoms with Gasteiger partial charge in [-0.25, -0.2) is 13.8 Å². The lowest BCUT2D eigenvalue weighted by Crippen LogP contribution is -2.36. The second-order valence-corrected chi connectivity index (χ2v) is 8.60. The summed E-state index contributed by atoms with van der Waals surface area (Å²) in [5, 5.41) is 6.13. The monoisotopic (exact) mass is 415 g/mol. The Labute approximate surface area is 168 Å². The van der Waals surface area contributed by atoms with Gasteiger partial charge >= 0.3 is 0 Å². The van der Waals surface area contributed by atoms with E-state index in [9.17, 15) is 13.2 Å². The molecule has 0 aliphatic carbocycles. The molecular formula is C20H18ClN3O3S. The minimum atomic E-state index is -3.81. The third-order valence-corrected chi connectivity index (χ3v) is 6.08. The average molecular weight is 416 g/mol. The summed E-state index contributed by atoms with van der Waals surface area (Å²) in [6.07, 6.45) is 1.43. The Balaban J connectivity index is 1.66. The molecule has 0 spiro atoms. The van der Waals surface area contributed by atoms with Crippen molar-refractivity contribution in [2.45, 2.75) is 4.90 Å². The Morgan fingerprint density at radius 2 is 1.82 bits per heavy atom. The van der Waals surface area contributed by atoms with Crippen LogP contribution in [0.5, 0.6) is 0 Å². The van der Waals surface area contributed by atoms with E-state index in [1.54, 1.807) is 36.4 Å². The van der Waals surface area contributed by atoms with Crippen LogP contribution in [-0.2, 0) is 14.8 Å². The zero-order chi connectivity index (χ0) is 20.1. The number of nitrogens with zero attached hydrogens (tertiary/aromatic N) is 2. The van der Waals surface area contributed by atoms with Crippen molar-refractivity contribution in [2.75, 3.05) is 13.6 Å². The molecule has 144 valence electrons. The van der Waals surface area contributed by atoms with Crippen LogP contribution < -0.4 is 5.43 Å². The second-order valence-electron chi connectivity index (χ2n) is 6.12. The average Bonchev–Trinajstić information content (AvgIpc) is 2.67. The number of carbonyl (C=O) groups is 1. The molecule has 0 aromatic heterocycles. The SMILES string of the molecule is CN(CC(=O)NN=Cc1cccc(Cl)c1)S(=O)(=O)c1ccc2ccccc2c1. The van der Waals surface area contributed by atoms with Gasteiger partial charge in [-0.1, -0.05) is 54.1 Å². The fourth-order valence-electron chi connectivity index (χ4n) is 2.60. The molecule has 0 heterocycles. The van der Waals surface area contributed by atoms with Crippen LogP contribution in [0.3, 0.4) is 0 Å². The first kappa shape index (κ1) is 20.0. The Kier molecular flexibility index (Phi) is 6.08. The predicted octanol–water partition coefficient (Wildman–Crippen LogP) is 3.26. The molecule has 1 N–H and O–H groups in total. The summed E-state index contributed by atoms with van der Waals surface area (Å²) < 4.78 is 26.5. The number of hydrogen-bond acceptors (Lipinski definition) is 4. The number of carbonyl (C=O) groups excluding carboxylic acids is 1. The lowest BCUT2D eigenvalue weighted by Gasteiger charge is -2.16. The Hall–Kier alpha value is -2.74. The number of hydrogen-bond donors (Lipinski definition) is 1. The lowest BCUT2D eigenvalue weighted by atomic mass is 10.1. The molecule has 0 atom stereocenters. The first-order valence-electron chi connectivity index (χ1n) is 8.39. The third-order valence-electron chi connectivity index (χ3n) is 4.05. The van der Waals surface area contributed by atoms with E-state index < -0.39 is 15.9 Å². The van der Waals surface area contributed by atoms with Crippen LogP contribution in [0.4, 0.5) is 0 Å². The Bertz CT molecular complexity index is 1150. The smallest absolute Gasteiger partial charge is 0.255 e. The van der Waals surface area contributed by atoms with E-state index in [1.165, 1.54) is 19.3 Å². The number of halogens is 1. The molecule has 0 unspecified atom stereocenters. The second kappa shape index (κ2) is 8.52. The normalized spacial score (nSPS) is 12.0. The minimum Gasteiger partial charge on any atom is -0.272 e. The lowest BCUT2D eigenvalue weighted by molar-refractivity contribution is -0.121. The van der Waals surface area contributed by atoms with Crippen molar-refractivity contribution in [3.63, 3.8) is 0 Å². The maximum absolute atomic E-state index is 12.7. The highest BCUT2D eigenvalue weighted by atomic mass is 35.5. The molecule has 0 radical (unpaired) electrons. The molecule has 0 aliphatic rings. The molecule has 28 heavy (non-hydrogen) atoms. The van der Waals surface area contributed by atoms with Crippen molar-refractivity contribution in [1.29, 1.82) is 0 Å². The highest BCUT2D eigenvalue weighted by Crippen LogP contribution is 2.21. The van der Waals surface area contributed by atoms with Gasteiger partial charge in [0.05, 0.1) is 17.7 Å². The maximum atomic E-state index is 12.7. The van der Waals surface area contributed by atoms with E-state index in [0.717, 1.165) is 15.1 Å². The zero-order valence-electron chi connectivity index (χ0n) is 15.0. The first-order chi connectivity index (χ1) is 13.4. The summed E-state index contributed by atoms with van der Waals surface area (Å²) in [5.41, 5.74) is 3.03. The number of nitrogens with one attached hydrogen (secondary N) is 1. The van der Waals surface area contributed by atoms with Gasteiger partial charge in [-0.2, -0.15) is 9.41 Å². The van der Waals surface area contributed by atoms with Gasteiger partial charge in [-0.15, -0.1) is 0 Å². The van der Waals surface area contributed by atoms with Crippen molar-refractivity contribution in [3.8, 4) is 0 Å². The first-order valence-corrected chi connectivity index (χ1v) is 10.2. The van der Waals surface area contributed by atoms with Gasteiger partial charge in [0.2, 0.25) is 10.0 Å². The van der Waals surface area contributed by atoms with Gasteiger partial charge in [0.15, 0.2) is 0 Å². The van der Waals surface area contributed by atoms with E-state index in [0.29, 0.717) is 10.6 Å². The fraction of sp³-hybridized carbons (Fsp3) is 0.100. The molecule has 3 aromatic rings. The van der Waals surface area contributed by atoms with E-state index in [-0.39, 0.29) is 11.4 Å². The highest BCUT2D eigenvalue weighted by molar-refractivity contribution is 7.89. The molecule has 1 amide bonds. The summed E-state index contributed by atoms with van der Waals surface area (Å²) in [6.45, 7) is -0.359. The highest BCUT2D eigenvalue weighted by Gasteiger charge is 2.23. The topological polar surface area (TPSA) is 78.8 Å². The molecule has 0 bridgehead atoms. The number of rotatable bonds is 6. The van der Waals surface area contributed by atoms with Crippen LogP contribution in [0.15, 0.2) is 76.7 Å². The van der Waals surface area contributed by atoms with Crippen LogP contribution in [0.1, 0.15) is 5.56 Å². The molecular weight excluding hydrogens is 398 g/mol. The number of amides is 1. The summed E-state index contributed by atoms with van der Waals surface area (Å²) in [4.78, 5) is 12.2. The van der Waals surface area contributed by atoms with Crippen LogP contribution >= 0.6 is 11.6 Å². The Morgan fingerprint density at radius 1 is 1.07 bits per heavy atom. The van der Waals surface area contributed by atoms with Gasteiger partial charge in [-0.05, 0) is 40.6 Å². The summed E-state index contributed by atoms with van der Waals surface area (Å²) in [7, 11) is -2.45. The van der Waals surface area contributed by atoms with Gasteiger partial charge in [0.1, 0.15) is 0 Å². The minimum absolute atomic E-state index is 0.129. The molecule has 0 saturated carbocycles. The maximum Gasteiger partial charge on any atom is 0.255 e. The number of likely N-dealkylation sites (N-methyl/N-ethyl adjacent to an activating group) is 1. The van der Waals surface area contributed by atoms with E-state index >= 15 is 0 Å². The van der Waals surface area contributed by atoms with Crippen molar-refractivity contribution < 1.29 is 13.2 Å². The largest absolute Gasteiger partial charge is 0.272 e. The summed E-state index contributed by atoms with van der Waals surface area (Å²) >= 11 is 5.88. The van der Waals surface area contributed by atoms with E-state index in [1.807, 2.05) is 24.3 Å². The predicted molar refractivity (Wildman–Crippen MR) is 111 cm³/mol. The van der Waals surface area contributed by atoms with Gasteiger partial charge in [0.25, 0.3) is 5.91 Å². The quantitative estimate of drug-likeness (QED) is 0.495. The summed E-state index contributed by atoms with van der Waals surface area (Å²) in [5.74, 6) is -0.551. The van der Waals surface area contributed by atoms with Gasteiger partial charge in [0, 0.05) is 12.1 Å². The van der Waals surface area contributed by atoms with Gasteiger partial charge in [-0.3, -0.25) is 4.79 Å². The number of fused-ring (bicyclic) bond motifs is 1. The van der Waals surface area contributed by atoms with Crippen molar-refractivity contribution in [1.82, 2.24) is 9.73 Å². The van der Waals surface area contributed by atoms with Crippen molar-refractivity contribution in [2.24, 2.45) is 5.10 Å². The molecule has 0 aliphatic heterocycles. The van der Waals surface area contributed by atoms with Gasteiger partial charge < -0.3 is 0 Å². The van der Waals surface area contributed by atoms with E-state index in [2.05, 4.69) is 10.5 Å². The molecule has 3 aromatic carbocycles. The number of sulfonamides is 1. The van der Waals surface area contributed by atoms with E-state index in [4.69, 9.17) is 11.6 Å². The molecule has 0 fully saturated rings. The molecule has 3 rings (SSSR count). The Morgan fingerprint density at radius 3 is 2.57 bits per heavy atom. The number of benzene rings is 3. The zero-order valence-corrected chi connectivity index (χ0v) is 16.6. The van der Waals surface area contributed by atoms with Crippen molar-refractivity contribution >= 4 is 44.5 Å². The fourth-order valence-corrected chi connectivity index (χ4v) is 3.96. The molecule has 6 nitrogen and oxygen atoms in total. The van der Waals surface area contributed by atoms with Crippen LogP contribution in [0, 0.1) is 0 Å². The summed E-state index contributed by atoms with van der Waals surface area (Å²) in [6, 6.07) is 19.3. The van der Waals surface area contributed by atoms with Crippen LogP contribution in [0.2, 0.25) is 5.02 Å². The van der Waals surface area contributed by atoms with Crippen LogP contribution in [-0.4, -0.2) is 38.4 Å².